The van der Waals surface area contributed by atoms with E-state index in [9.17, 15) is 9.18 Å². The van der Waals surface area contributed by atoms with Gasteiger partial charge in [0.25, 0.3) is 0 Å². The van der Waals surface area contributed by atoms with Crippen LogP contribution < -0.4 is 9.47 Å². The summed E-state index contributed by atoms with van der Waals surface area (Å²) < 4.78 is 29.6. The van der Waals surface area contributed by atoms with Crippen molar-refractivity contribution in [1.29, 1.82) is 0 Å². The van der Waals surface area contributed by atoms with E-state index in [1.54, 1.807) is 12.1 Å². The van der Waals surface area contributed by atoms with Gasteiger partial charge in [-0.15, -0.1) is 0 Å². The van der Waals surface area contributed by atoms with E-state index in [0.717, 1.165) is 22.6 Å². The maximum Gasteiger partial charge on any atom is 0.236 e. The van der Waals surface area contributed by atoms with Crippen LogP contribution in [0.25, 0.3) is 0 Å². The van der Waals surface area contributed by atoms with E-state index in [0.29, 0.717) is 32.8 Å². The summed E-state index contributed by atoms with van der Waals surface area (Å²) in [5.74, 6) is 1.27. The molecule has 2 heterocycles. The Kier molecular flexibility index (Phi) is 5.45. The normalized spacial score (nSPS) is 18.5. The number of carbonyl (C=O) groups excluding carboxylic acids is 1. The van der Waals surface area contributed by atoms with Crippen molar-refractivity contribution in [2.75, 3.05) is 40.1 Å². The first-order valence-corrected chi connectivity index (χ1v) is 9.30. The van der Waals surface area contributed by atoms with E-state index in [2.05, 4.69) is 0 Å². The smallest absolute Gasteiger partial charge is 0.236 e. The van der Waals surface area contributed by atoms with Crippen LogP contribution >= 0.6 is 0 Å². The minimum atomic E-state index is -0.280. The fraction of sp³-hybridized carbons (Fsp3) is 0.381. The third-order valence-electron chi connectivity index (χ3n) is 4.96. The minimum Gasteiger partial charge on any atom is -0.454 e. The average molecular weight is 386 g/mol. The number of nitrogens with zero attached hydrogens (tertiary/aromatic N) is 2. The maximum absolute atomic E-state index is 13.1. The van der Waals surface area contributed by atoms with Crippen molar-refractivity contribution >= 4 is 5.91 Å². The van der Waals surface area contributed by atoms with E-state index >= 15 is 0 Å². The van der Waals surface area contributed by atoms with Gasteiger partial charge in [0.05, 0.1) is 19.7 Å². The van der Waals surface area contributed by atoms with E-state index in [1.165, 1.54) is 12.1 Å². The van der Waals surface area contributed by atoms with Gasteiger partial charge in [-0.3, -0.25) is 9.69 Å². The number of ether oxygens (including phenoxy) is 3. The second-order valence-electron chi connectivity index (χ2n) is 7.11. The lowest BCUT2D eigenvalue weighted by Crippen LogP contribution is -2.46. The van der Waals surface area contributed by atoms with Crippen LogP contribution in [0.15, 0.2) is 42.5 Å². The fourth-order valence-electron chi connectivity index (χ4n) is 3.49. The summed E-state index contributed by atoms with van der Waals surface area (Å²) in [5, 5.41) is 0. The highest BCUT2D eigenvalue weighted by Gasteiger charge is 2.26. The van der Waals surface area contributed by atoms with E-state index < -0.39 is 0 Å². The first-order valence-electron chi connectivity index (χ1n) is 9.30. The summed E-state index contributed by atoms with van der Waals surface area (Å²) in [7, 11) is 1.92. The lowest BCUT2D eigenvalue weighted by atomic mass is 10.1. The van der Waals surface area contributed by atoms with Gasteiger partial charge in [-0.05, 0) is 42.4 Å². The minimum absolute atomic E-state index is 0.0543. The molecule has 28 heavy (non-hydrogen) atoms. The molecule has 0 radical (unpaired) electrons. The van der Waals surface area contributed by atoms with Crippen LogP contribution in [0.5, 0.6) is 11.5 Å². The molecule has 0 saturated carbocycles. The fourth-order valence-corrected chi connectivity index (χ4v) is 3.49. The molecule has 1 unspecified atom stereocenters. The summed E-state index contributed by atoms with van der Waals surface area (Å²) in [4.78, 5) is 16.5. The molecule has 2 aromatic carbocycles. The standard InChI is InChI=1S/C21H23FN2O4/c1-23(11-15-2-7-18-19(10-15)28-14-27-18)13-21(25)24-8-9-26-20(12-24)16-3-5-17(22)6-4-16/h2-7,10,20H,8-9,11-14H2,1H3. The van der Waals surface area contributed by atoms with Crippen molar-refractivity contribution in [3.05, 3.63) is 59.4 Å². The Morgan fingerprint density at radius 2 is 1.96 bits per heavy atom. The van der Waals surface area contributed by atoms with Crippen LogP contribution in [-0.4, -0.2) is 55.8 Å². The van der Waals surface area contributed by atoms with E-state index in [-0.39, 0.29) is 24.6 Å². The first-order chi connectivity index (χ1) is 13.6. The number of fused-ring (bicyclic) bond motifs is 1. The molecule has 0 aromatic heterocycles. The Labute approximate surface area is 163 Å². The molecule has 2 aromatic rings. The molecular formula is C21H23FN2O4. The largest absolute Gasteiger partial charge is 0.454 e. The monoisotopic (exact) mass is 386 g/mol. The van der Waals surface area contributed by atoms with Gasteiger partial charge in [-0.2, -0.15) is 0 Å². The molecule has 1 amide bonds. The highest BCUT2D eigenvalue weighted by atomic mass is 19.1. The Hall–Kier alpha value is -2.64. The third-order valence-corrected chi connectivity index (χ3v) is 4.96. The van der Waals surface area contributed by atoms with Crippen LogP contribution in [0, 0.1) is 5.82 Å². The highest BCUT2D eigenvalue weighted by Crippen LogP contribution is 2.32. The molecule has 2 aliphatic heterocycles. The van der Waals surface area contributed by atoms with Gasteiger partial charge in [0.1, 0.15) is 11.9 Å². The van der Waals surface area contributed by atoms with Crippen molar-refractivity contribution in [2.24, 2.45) is 0 Å². The Bertz CT molecular complexity index is 843. The molecule has 4 rings (SSSR count). The van der Waals surface area contributed by atoms with Crippen molar-refractivity contribution in [3.8, 4) is 11.5 Å². The summed E-state index contributed by atoms with van der Waals surface area (Å²) in [6.45, 7) is 2.70. The molecule has 148 valence electrons. The summed E-state index contributed by atoms with van der Waals surface area (Å²) >= 11 is 0. The molecule has 0 bridgehead atoms. The number of likely N-dealkylation sites (N-methyl/N-ethyl adjacent to an activating group) is 1. The molecular weight excluding hydrogens is 363 g/mol. The van der Waals surface area contributed by atoms with Crippen LogP contribution in [0.2, 0.25) is 0 Å². The number of hydrogen-bond donors (Lipinski definition) is 0. The second-order valence-corrected chi connectivity index (χ2v) is 7.11. The molecule has 1 saturated heterocycles. The van der Waals surface area contributed by atoms with Gasteiger partial charge in [-0.1, -0.05) is 18.2 Å². The number of benzene rings is 2. The number of amides is 1. The Morgan fingerprint density at radius 1 is 1.18 bits per heavy atom. The molecule has 1 atom stereocenters. The molecule has 6 nitrogen and oxygen atoms in total. The average Bonchev–Trinajstić information content (AvgIpc) is 3.16. The van der Waals surface area contributed by atoms with Gasteiger partial charge < -0.3 is 19.1 Å². The lowest BCUT2D eigenvalue weighted by molar-refractivity contribution is -0.140. The topological polar surface area (TPSA) is 51.2 Å². The van der Waals surface area contributed by atoms with Crippen molar-refractivity contribution < 1.29 is 23.4 Å². The predicted molar refractivity (Wildman–Crippen MR) is 101 cm³/mol. The lowest BCUT2D eigenvalue weighted by Gasteiger charge is -2.34. The zero-order valence-electron chi connectivity index (χ0n) is 15.8. The number of rotatable bonds is 5. The number of halogens is 1. The van der Waals surface area contributed by atoms with Crippen molar-refractivity contribution in [2.45, 2.75) is 12.6 Å². The number of hydrogen-bond acceptors (Lipinski definition) is 5. The first kappa shape index (κ1) is 18.7. The SMILES string of the molecule is CN(CC(=O)N1CCOC(c2ccc(F)cc2)C1)Cc1ccc2c(c1)OCO2. The summed E-state index contributed by atoms with van der Waals surface area (Å²) in [6.07, 6.45) is -0.225. The molecule has 0 N–H and O–H groups in total. The van der Waals surface area contributed by atoms with E-state index in [4.69, 9.17) is 14.2 Å². The van der Waals surface area contributed by atoms with Crippen LogP contribution in [0.3, 0.4) is 0 Å². The van der Waals surface area contributed by atoms with Crippen LogP contribution in [-0.2, 0) is 16.1 Å². The second kappa shape index (κ2) is 8.16. The molecule has 2 aliphatic rings. The van der Waals surface area contributed by atoms with Gasteiger partial charge in [0, 0.05) is 13.1 Å². The molecule has 1 fully saturated rings. The van der Waals surface area contributed by atoms with Gasteiger partial charge in [-0.25, -0.2) is 4.39 Å². The summed E-state index contributed by atoms with van der Waals surface area (Å²) in [5.41, 5.74) is 1.94. The quantitative estimate of drug-likeness (QED) is 0.791. The maximum atomic E-state index is 13.1. The van der Waals surface area contributed by atoms with Gasteiger partial charge >= 0.3 is 0 Å². The predicted octanol–water partition coefficient (Wildman–Crippen LogP) is 2.59. The Morgan fingerprint density at radius 3 is 2.79 bits per heavy atom. The highest BCUT2D eigenvalue weighted by molar-refractivity contribution is 5.78. The molecule has 0 spiro atoms. The Balaban J connectivity index is 1.33. The van der Waals surface area contributed by atoms with Crippen molar-refractivity contribution in [1.82, 2.24) is 9.80 Å². The third kappa shape index (κ3) is 4.26. The zero-order chi connectivity index (χ0) is 19.5. The molecule has 0 aliphatic carbocycles. The van der Waals surface area contributed by atoms with Crippen molar-refractivity contribution in [3.63, 3.8) is 0 Å². The molecule has 7 heteroatoms. The van der Waals surface area contributed by atoms with Crippen LogP contribution in [0.1, 0.15) is 17.2 Å². The summed E-state index contributed by atoms with van der Waals surface area (Å²) in [6, 6.07) is 12.1. The van der Waals surface area contributed by atoms with Gasteiger partial charge in [0.15, 0.2) is 11.5 Å². The number of morpholine rings is 1. The van der Waals surface area contributed by atoms with Crippen LogP contribution in [0.4, 0.5) is 4.39 Å². The zero-order valence-corrected chi connectivity index (χ0v) is 15.8. The number of carbonyl (C=O) groups is 1. The van der Waals surface area contributed by atoms with E-state index in [1.807, 2.05) is 35.0 Å². The van der Waals surface area contributed by atoms with Gasteiger partial charge in [0.2, 0.25) is 12.7 Å².